The van der Waals surface area contributed by atoms with Gasteiger partial charge in [0.25, 0.3) is 0 Å². The van der Waals surface area contributed by atoms with Crippen LogP contribution in [0.25, 0.3) is 0 Å². The number of ether oxygens (including phenoxy) is 1. The van der Waals surface area contributed by atoms with Crippen molar-refractivity contribution >= 4 is 23.1 Å². The van der Waals surface area contributed by atoms with E-state index in [0.29, 0.717) is 23.1 Å². The second-order valence-electron chi connectivity index (χ2n) is 4.59. The van der Waals surface area contributed by atoms with Gasteiger partial charge in [0.2, 0.25) is 5.28 Å². The van der Waals surface area contributed by atoms with E-state index in [1.54, 1.807) is 6.92 Å². The van der Waals surface area contributed by atoms with Gasteiger partial charge in [0.15, 0.2) is 5.82 Å². The van der Waals surface area contributed by atoms with E-state index in [1.165, 1.54) is 0 Å². The first kappa shape index (κ1) is 15.0. The molecule has 1 aromatic rings. The highest BCUT2D eigenvalue weighted by Gasteiger charge is 2.06. The predicted octanol–water partition coefficient (Wildman–Crippen LogP) is 2.50. The van der Waals surface area contributed by atoms with Crippen molar-refractivity contribution in [2.24, 2.45) is 5.92 Å². The maximum absolute atomic E-state index is 5.85. The Morgan fingerprint density at radius 2 is 2.11 bits per heavy atom. The van der Waals surface area contributed by atoms with Crippen LogP contribution in [0.4, 0.5) is 11.5 Å². The SMILES string of the molecule is Cc1nc(Cl)nc(NCCCOCC(C)C)c1N. The number of aryl methyl sites for hydroxylation is 1. The van der Waals surface area contributed by atoms with Crippen LogP contribution in [-0.2, 0) is 4.74 Å². The largest absolute Gasteiger partial charge is 0.394 e. The van der Waals surface area contributed by atoms with Crippen molar-refractivity contribution in [2.45, 2.75) is 27.2 Å². The smallest absolute Gasteiger partial charge is 0.224 e. The fourth-order valence-electron chi connectivity index (χ4n) is 1.38. The standard InChI is InChI=1S/C12H21ClN4O/c1-8(2)7-18-6-4-5-15-11-10(14)9(3)16-12(13)17-11/h8H,4-7,14H2,1-3H3,(H,15,16,17). The summed E-state index contributed by atoms with van der Waals surface area (Å²) >= 11 is 5.78. The monoisotopic (exact) mass is 272 g/mol. The van der Waals surface area contributed by atoms with Gasteiger partial charge in [-0.2, -0.15) is 4.98 Å². The Bertz CT molecular complexity index is 385. The second kappa shape index (κ2) is 7.38. The molecule has 3 N–H and O–H groups in total. The van der Waals surface area contributed by atoms with Crippen molar-refractivity contribution < 1.29 is 4.74 Å². The Morgan fingerprint density at radius 3 is 2.78 bits per heavy atom. The summed E-state index contributed by atoms with van der Waals surface area (Å²) in [5.41, 5.74) is 7.09. The molecule has 0 amide bonds. The summed E-state index contributed by atoms with van der Waals surface area (Å²) in [5.74, 6) is 1.16. The lowest BCUT2D eigenvalue weighted by Crippen LogP contribution is -2.11. The van der Waals surface area contributed by atoms with E-state index >= 15 is 0 Å². The van der Waals surface area contributed by atoms with Crippen molar-refractivity contribution in [3.05, 3.63) is 11.0 Å². The molecule has 5 nitrogen and oxygen atoms in total. The first-order valence-electron chi connectivity index (χ1n) is 6.12. The first-order valence-corrected chi connectivity index (χ1v) is 6.49. The molecule has 0 fully saturated rings. The second-order valence-corrected chi connectivity index (χ2v) is 4.93. The van der Waals surface area contributed by atoms with Crippen LogP contribution in [0.5, 0.6) is 0 Å². The number of nitrogens with zero attached hydrogens (tertiary/aromatic N) is 2. The minimum atomic E-state index is 0.209. The molecular formula is C12H21ClN4O. The Labute approximate surface area is 113 Å². The highest BCUT2D eigenvalue weighted by molar-refractivity contribution is 6.28. The van der Waals surface area contributed by atoms with E-state index in [-0.39, 0.29) is 5.28 Å². The van der Waals surface area contributed by atoms with Gasteiger partial charge in [0, 0.05) is 19.8 Å². The van der Waals surface area contributed by atoms with Gasteiger partial charge in [-0.1, -0.05) is 13.8 Å². The van der Waals surface area contributed by atoms with Crippen molar-refractivity contribution in [1.29, 1.82) is 0 Å². The summed E-state index contributed by atoms with van der Waals surface area (Å²) in [6.07, 6.45) is 0.896. The zero-order chi connectivity index (χ0) is 13.5. The minimum Gasteiger partial charge on any atom is -0.394 e. The molecular weight excluding hydrogens is 252 g/mol. The van der Waals surface area contributed by atoms with Crippen molar-refractivity contribution in [1.82, 2.24) is 9.97 Å². The summed E-state index contributed by atoms with van der Waals surface area (Å²) in [6, 6.07) is 0. The Kier molecular flexibility index (Phi) is 6.15. The van der Waals surface area contributed by atoms with Crippen molar-refractivity contribution in [3.8, 4) is 0 Å². The minimum absolute atomic E-state index is 0.209. The van der Waals surface area contributed by atoms with Gasteiger partial charge in [-0.3, -0.25) is 0 Å². The summed E-state index contributed by atoms with van der Waals surface area (Å²) in [7, 11) is 0. The molecule has 102 valence electrons. The van der Waals surface area contributed by atoms with E-state index in [2.05, 4.69) is 29.1 Å². The van der Waals surface area contributed by atoms with Gasteiger partial charge >= 0.3 is 0 Å². The van der Waals surface area contributed by atoms with Crippen molar-refractivity contribution in [3.63, 3.8) is 0 Å². The molecule has 1 heterocycles. The predicted molar refractivity (Wildman–Crippen MR) is 75.0 cm³/mol. The molecule has 0 aliphatic rings. The number of nitrogens with one attached hydrogen (secondary N) is 1. The molecule has 0 atom stereocenters. The van der Waals surface area contributed by atoms with Gasteiger partial charge in [0.05, 0.1) is 11.4 Å². The van der Waals surface area contributed by atoms with Crippen LogP contribution in [0.1, 0.15) is 26.0 Å². The first-order chi connectivity index (χ1) is 8.50. The lowest BCUT2D eigenvalue weighted by atomic mass is 10.2. The molecule has 0 saturated heterocycles. The molecule has 0 aromatic carbocycles. The van der Waals surface area contributed by atoms with Crippen LogP contribution in [-0.4, -0.2) is 29.7 Å². The Hall–Kier alpha value is -1.07. The Morgan fingerprint density at radius 1 is 1.39 bits per heavy atom. The third-order valence-corrected chi connectivity index (χ3v) is 2.49. The number of rotatable bonds is 7. The molecule has 0 aliphatic carbocycles. The third-order valence-electron chi connectivity index (χ3n) is 2.32. The van der Waals surface area contributed by atoms with Gasteiger partial charge in [-0.05, 0) is 30.9 Å². The zero-order valence-electron chi connectivity index (χ0n) is 11.2. The summed E-state index contributed by atoms with van der Waals surface area (Å²) in [5, 5.41) is 3.35. The van der Waals surface area contributed by atoms with E-state index in [9.17, 15) is 0 Å². The number of anilines is 2. The molecule has 0 spiro atoms. The summed E-state index contributed by atoms with van der Waals surface area (Å²) in [4.78, 5) is 8.03. The topological polar surface area (TPSA) is 73.1 Å². The van der Waals surface area contributed by atoms with E-state index in [4.69, 9.17) is 22.1 Å². The normalized spacial score (nSPS) is 10.9. The van der Waals surface area contributed by atoms with Crippen LogP contribution in [0, 0.1) is 12.8 Å². The fourth-order valence-corrected chi connectivity index (χ4v) is 1.59. The van der Waals surface area contributed by atoms with Crippen LogP contribution >= 0.6 is 11.6 Å². The van der Waals surface area contributed by atoms with Crippen LogP contribution in [0.2, 0.25) is 5.28 Å². The molecule has 6 heteroatoms. The molecule has 0 bridgehead atoms. The molecule has 18 heavy (non-hydrogen) atoms. The van der Waals surface area contributed by atoms with Crippen LogP contribution in [0.3, 0.4) is 0 Å². The highest BCUT2D eigenvalue weighted by Crippen LogP contribution is 2.20. The number of nitrogens with two attached hydrogens (primary N) is 1. The number of hydrogen-bond acceptors (Lipinski definition) is 5. The van der Waals surface area contributed by atoms with E-state index in [1.807, 2.05) is 0 Å². The van der Waals surface area contributed by atoms with Gasteiger partial charge in [-0.25, -0.2) is 4.98 Å². The van der Waals surface area contributed by atoms with E-state index in [0.717, 1.165) is 26.2 Å². The molecule has 0 unspecified atom stereocenters. The highest BCUT2D eigenvalue weighted by atomic mass is 35.5. The Balaban J connectivity index is 2.31. The zero-order valence-corrected chi connectivity index (χ0v) is 11.9. The molecule has 1 aromatic heterocycles. The van der Waals surface area contributed by atoms with Crippen LogP contribution in [0.15, 0.2) is 0 Å². The van der Waals surface area contributed by atoms with E-state index < -0.39 is 0 Å². The number of aromatic nitrogens is 2. The average molecular weight is 273 g/mol. The number of nitrogen functional groups attached to an aromatic ring is 1. The summed E-state index contributed by atoms with van der Waals surface area (Å²) in [6.45, 7) is 8.33. The molecule has 0 aliphatic heterocycles. The van der Waals surface area contributed by atoms with Gasteiger partial charge in [0.1, 0.15) is 0 Å². The maximum atomic E-state index is 5.85. The van der Waals surface area contributed by atoms with Gasteiger partial charge < -0.3 is 15.8 Å². The molecule has 0 radical (unpaired) electrons. The third kappa shape index (κ3) is 5.06. The lowest BCUT2D eigenvalue weighted by molar-refractivity contribution is 0.110. The summed E-state index contributed by atoms with van der Waals surface area (Å²) < 4.78 is 5.48. The quantitative estimate of drug-likeness (QED) is 0.589. The van der Waals surface area contributed by atoms with Gasteiger partial charge in [-0.15, -0.1) is 0 Å². The molecule has 1 rings (SSSR count). The molecule has 0 saturated carbocycles. The van der Waals surface area contributed by atoms with Crippen molar-refractivity contribution in [2.75, 3.05) is 30.8 Å². The number of hydrogen-bond donors (Lipinski definition) is 2. The van der Waals surface area contributed by atoms with Crippen LogP contribution < -0.4 is 11.1 Å². The fraction of sp³-hybridized carbons (Fsp3) is 0.667. The lowest BCUT2D eigenvalue weighted by Gasteiger charge is -2.10. The maximum Gasteiger partial charge on any atom is 0.224 e. The average Bonchev–Trinajstić information content (AvgIpc) is 2.29. The number of halogens is 1.